The predicted octanol–water partition coefficient (Wildman–Crippen LogP) is 4.95. The molecule has 0 spiro atoms. The van der Waals surface area contributed by atoms with Gasteiger partial charge in [-0.25, -0.2) is 0 Å². The van der Waals surface area contributed by atoms with Crippen LogP contribution < -0.4 is 14.3 Å². The number of aromatic nitrogens is 1. The monoisotopic (exact) mass is 398 g/mol. The molecule has 1 amide bonds. The minimum atomic E-state index is -0.266. The molecule has 0 fully saturated rings. The Bertz CT molecular complexity index is 1000. The quantitative estimate of drug-likeness (QED) is 0.505. The number of hydrogen-bond donors (Lipinski definition) is 0. The topological polar surface area (TPSA) is 52.8 Å². The lowest BCUT2D eigenvalue weighted by Crippen LogP contribution is -2.13. The van der Waals surface area contributed by atoms with E-state index in [1.54, 1.807) is 12.1 Å². The Balaban J connectivity index is 1.81. The van der Waals surface area contributed by atoms with E-state index in [0.29, 0.717) is 23.6 Å². The van der Waals surface area contributed by atoms with Crippen molar-refractivity contribution in [3.05, 3.63) is 52.8 Å². The van der Waals surface area contributed by atoms with Crippen LogP contribution in [0.1, 0.15) is 43.5 Å². The van der Waals surface area contributed by atoms with Crippen LogP contribution in [0.5, 0.6) is 11.5 Å². The summed E-state index contributed by atoms with van der Waals surface area (Å²) in [5.41, 5.74) is 1.50. The first-order valence-electron chi connectivity index (χ1n) is 9.67. The Morgan fingerprint density at radius 1 is 1.07 bits per heavy atom. The van der Waals surface area contributed by atoms with Crippen LogP contribution in [0, 0.1) is 0 Å². The van der Waals surface area contributed by atoms with Gasteiger partial charge in [0.15, 0.2) is 4.80 Å². The molecule has 28 heavy (non-hydrogen) atoms. The van der Waals surface area contributed by atoms with Crippen LogP contribution in [0.2, 0.25) is 0 Å². The van der Waals surface area contributed by atoms with Gasteiger partial charge < -0.3 is 14.0 Å². The summed E-state index contributed by atoms with van der Waals surface area (Å²) in [6.45, 7) is 5.41. The maximum atomic E-state index is 12.6. The second-order valence-electron chi connectivity index (χ2n) is 6.48. The van der Waals surface area contributed by atoms with Crippen molar-refractivity contribution >= 4 is 27.5 Å². The fraction of sp³-hybridized carbons (Fsp3) is 0.364. The van der Waals surface area contributed by atoms with Gasteiger partial charge >= 0.3 is 0 Å². The van der Waals surface area contributed by atoms with E-state index in [0.717, 1.165) is 34.6 Å². The second-order valence-corrected chi connectivity index (χ2v) is 7.49. The van der Waals surface area contributed by atoms with Crippen molar-refractivity contribution in [3.8, 4) is 11.5 Å². The number of carbonyl (C=O) groups excluding carboxylic acids is 1. The Morgan fingerprint density at radius 3 is 2.57 bits per heavy atom. The van der Waals surface area contributed by atoms with Crippen molar-refractivity contribution in [2.24, 2.45) is 12.0 Å². The minimum Gasteiger partial charge on any atom is -0.494 e. The number of rotatable bonds is 8. The molecule has 5 nitrogen and oxygen atoms in total. The third kappa shape index (κ3) is 4.62. The Hall–Kier alpha value is -2.60. The average molecular weight is 399 g/mol. The molecular formula is C22H26N2O3S. The zero-order valence-corrected chi connectivity index (χ0v) is 17.4. The molecule has 0 radical (unpaired) electrons. The van der Waals surface area contributed by atoms with Gasteiger partial charge in [0, 0.05) is 12.6 Å². The van der Waals surface area contributed by atoms with Gasteiger partial charge in [0.25, 0.3) is 5.91 Å². The summed E-state index contributed by atoms with van der Waals surface area (Å²) >= 11 is 1.48. The van der Waals surface area contributed by atoms with Crippen LogP contribution in [0.4, 0.5) is 0 Å². The smallest absolute Gasteiger partial charge is 0.279 e. The van der Waals surface area contributed by atoms with E-state index in [9.17, 15) is 4.79 Å². The molecule has 0 aliphatic heterocycles. The van der Waals surface area contributed by atoms with Gasteiger partial charge in [0.2, 0.25) is 0 Å². The maximum absolute atomic E-state index is 12.6. The largest absolute Gasteiger partial charge is 0.494 e. The molecule has 0 aliphatic rings. The van der Waals surface area contributed by atoms with Crippen molar-refractivity contribution in [2.45, 2.75) is 33.1 Å². The number of ether oxygens (including phenoxy) is 2. The number of thiazole rings is 1. The number of fused-ring (bicyclic) bond motifs is 1. The van der Waals surface area contributed by atoms with Crippen LogP contribution in [0.25, 0.3) is 10.2 Å². The molecule has 1 aromatic heterocycles. The summed E-state index contributed by atoms with van der Waals surface area (Å²) in [4.78, 5) is 17.6. The van der Waals surface area contributed by atoms with Gasteiger partial charge in [-0.3, -0.25) is 4.79 Å². The van der Waals surface area contributed by atoms with Gasteiger partial charge in [-0.15, -0.1) is 0 Å². The van der Waals surface area contributed by atoms with Gasteiger partial charge in [0.05, 0.1) is 17.9 Å². The fourth-order valence-corrected chi connectivity index (χ4v) is 3.97. The molecule has 3 aromatic rings. The highest BCUT2D eigenvalue weighted by Crippen LogP contribution is 2.26. The first kappa shape index (κ1) is 20.1. The van der Waals surface area contributed by atoms with Crippen molar-refractivity contribution in [1.82, 2.24) is 4.57 Å². The number of aryl methyl sites for hydroxylation is 1. The molecule has 0 aliphatic carbocycles. The molecule has 148 valence electrons. The summed E-state index contributed by atoms with van der Waals surface area (Å²) in [6.07, 6.45) is 3.37. The van der Waals surface area contributed by atoms with E-state index in [1.807, 2.05) is 48.9 Å². The fourth-order valence-electron chi connectivity index (χ4n) is 2.93. The molecule has 0 bridgehead atoms. The first-order valence-corrected chi connectivity index (χ1v) is 10.5. The van der Waals surface area contributed by atoms with Crippen LogP contribution in [0.3, 0.4) is 0 Å². The lowest BCUT2D eigenvalue weighted by atomic mass is 10.2. The number of unbranched alkanes of at least 4 members (excludes halogenated alkanes) is 2. The highest BCUT2D eigenvalue weighted by molar-refractivity contribution is 7.16. The second kappa shape index (κ2) is 9.55. The SMILES string of the molecule is CCCCCOc1ccc(C(=O)N=c2sc3cccc(OCC)c3n2C)cc1. The van der Waals surface area contributed by atoms with E-state index in [2.05, 4.69) is 11.9 Å². The number of hydrogen-bond acceptors (Lipinski definition) is 4. The van der Waals surface area contributed by atoms with E-state index in [4.69, 9.17) is 9.47 Å². The molecule has 2 aromatic carbocycles. The van der Waals surface area contributed by atoms with Crippen LogP contribution in [-0.4, -0.2) is 23.7 Å². The van der Waals surface area contributed by atoms with Crippen molar-refractivity contribution < 1.29 is 14.3 Å². The number of carbonyl (C=O) groups is 1. The molecule has 0 saturated carbocycles. The van der Waals surface area contributed by atoms with Crippen LogP contribution in [-0.2, 0) is 7.05 Å². The third-order valence-electron chi connectivity index (χ3n) is 4.40. The molecule has 0 saturated heterocycles. The minimum absolute atomic E-state index is 0.266. The zero-order chi connectivity index (χ0) is 19.9. The number of para-hydroxylation sites is 1. The van der Waals surface area contributed by atoms with Gasteiger partial charge in [-0.1, -0.05) is 37.2 Å². The molecule has 3 rings (SSSR count). The summed E-state index contributed by atoms with van der Waals surface area (Å²) in [5, 5.41) is 0. The first-order chi connectivity index (χ1) is 13.6. The Kier molecular flexibility index (Phi) is 6.87. The summed E-state index contributed by atoms with van der Waals surface area (Å²) in [6, 6.07) is 13.1. The lowest BCUT2D eigenvalue weighted by Gasteiger charge is -2.06. The zero-order valence-electron chi connectivity index (χ0n) is 16.6. The van der Waals surface area contributed by atoms with Gasteiger partial charge in [0.1, 0.15) is 17.0 Å². The molecular weight excluding hydrogens is 372 g/mol. The van der Waals surface area contributed by atoms with Crippen LogP contribution in [0.15, 0.2) is 47.5 Å². The van der Waals surface area contributed by atoms with Crippen molar-refractivity contribution in [1.29, 1.82) is 0 Å². The van der Waals surface area contributed by atoms with Gasteiger partial charge in [-0.2, -0.15) is 4.99 Å². The molecule has 6 heteroatoms. The Morgan fingerprint density at radius 2 is 1.86 bits per heavy atom. The standard InChI is InChI=1S/C22H26N2O3S/c1-4-6-7-15-27-17-13-11-16(12-14-17)21(25)23-22-24(3)20-18(26-5-2)9-8-10-19(20)28-22/h8-14H,4-7,15H2,1-3H3. The normalized spacial score (nSPS) is 11.8. The molecule has 0 unspecified atom stereocenters. The van der Waals surface area contributed by atoms with E-state index < -0.39 is 0 Å². The number of amides is 1. The van der Waals surface area contributed by atoms with Crippen LogP contribution >= 0.6 is 11.3 Å². The predicted molar refractivity (Wildman–Crippen MR) is 113 cm³/mol. The maximum Gasteiger partial charge on any atom is 0.279 e. The van der Waals surface area contributed by atoms with E-state index in [1.165, 1.54) is 17.8 Å². The van der Waals surface area contributed by atoms with Crippen molar-refractivity contribution in [2.75, 3.05) is 13.2 Å². The average Bonchev–Trinajstić information content (AvgIpc) is 3.02. The summed E-state index contributed by atoms with van der Waals surface area (Å²) in [7, 11) is 1.90. The van der Waals surface area contributed by atoms with E-state index >= 15 is 0 Å². The Labute approximate surface area is 169 Å². The molecule has 1 heterocycles. The highest BCUT2D eigenvalue weighted by Gasteiger charge is 2.11. The van der Waals surface area contributed by atoms with Gasteiger partial charge in [-0.05, 0) is 49.7 Å². The number of nitrogens with zero attached hydrogens (tertiary/aromatic N) is 2. The number of benzene rings is 2. The third-order valence-corrected chi connectivity index (χ3v) is 5.50. The highest BCUT2D eigenvalue weighted by atomic mass is 32.1. The van der Waals surface area contributed by atoms with E-state index in [-0.39, 0.29) is 5.91 Å². The summed E-state index contributed by atoms with van der Waals surface area (Å²) in [5.74, 6) is 1.32. The summed E-state index contributed by atoms with van der Waals surface area (Å²) < 4.78 is 14.4. The van der Waals surface area contributed by atoms with Crippen molar-refractivity contribution in [3.63, 3.8) is 0 Å². The molecule has 0 N–H and O–H groups in total. The lowest BCUT2D eigenvalue weighted by molar-refractivity contribution is 0.0998. The molecule has 0 atom stereocenters.